The van der Waals surface area contributed by atoms with E-state index in [1.54, 1.807) is 25.1 Å². The van der Waals surface area contributed by atoms with E-state index in [1.165, 1.54) is 14.2 Å². The second kappa shape index (κ2) is 16.6. The van der Waals surface area contributed by atoms with Crippen LogP contribution in [-0.4, -0.2) is 94.2 Å². The third-order valence-corrected chi connectivity index (χ3v) is 6.28. The molecule has 12 heteroatoms. The molecule has 0 aliphatic carbocycles. The normalized spacial score (nSPS) is 15.1. The van der Waals surface area contributed by atoms with E-state index in [2.05, 4.69) is 26.2 Å². The third-order valence-electron chi connectivity index (χ3n) is 6.28. The molecule has 1 aliphatic rings. The highest BCUT2D eigenvalue weighted by atomic mass is 16.5. The molecule has 1 aromatic carbocycles. The van der Waals surface area contributed by atoms with Crippen molar-refractivity contribution < 1.29 is 33.4 Å². The van der Waals surface area contributed by atoms with E-state index in [4.69, 9.17) is 14.2 Å². The van der Waals surface area contributed by atoms with Crippen molar-refractivity contribution in [1.82, 2.24) is 26.2 Å². The smallest absolute Gasteiger partial charge is 0.315 e. The number of amides is 4. The fraction of sp³-hybridized carbons (Fsp3) is 0.630. The zero-order chi connectivity index (χ0) is 28.8. The van der Waals surface area contributed by atoms with Crippen molar-refractivity contribution in [2.75, 3.05) is 53.6 Å². The number of urea groups is 1. The number of carbonyl (C=O) groups is 4. The lowest BCUT2D eigenvalue weighted by molar-refractivity contribution is -0.140. The van der Waals surface area contributed by atoms with Crippen molar-refractivity contribution in [3.63, 3.8) is 0 Å². The van der Waals surface area contributed by atoms with Crippen molar-refractivity contribution in [3.8, 4) is 11.5 Å². The van der Waals surface area contributed by atoms with Gasteiger partial charge in [0.15, 0.2) is 0 Å². The lowest BCUT2D eigenvalue weighted by Gasteiger charge is -2.27. The summed E-state index contributed by atoms with van der Waals surface area (Å²) in [6.07, 6.45) is 0.586. The number of benzene rings is 1. The van der Waals surface area contributed by atoms with Gasteiger partial charge in [-0.05, 0) is 36.5 Å². The Bertz CT molecular complexity index is 944. The van der Waals surface area contributed by atoms with Crippen LogP contribution in [0.2, 0.25) is 0 Å². The van der Waals surface area contributed by atoms with Crippen molar-refractivity contribution in [3.05, 3.63) is 23.8 Å². The van der Waals surface area contributed by atoms with Crippen LogP contribution >= 0.6 is 0 Å². The van der Waals surface area contributed by atoms with Crippen LogP contribution in [0.15, 0.2) is 18.2 Å². The molecule has 0 spiro atoms. The minimum absolute atomic E-state index is 0.0741. The second-order valence-corrected chi connectivity index (χ2v) is 9.77. The maximum Gasteiger partial charge on any atom is 0.315 e. The Kier molecular flexibility index (Phi) is 13.5. The van der Waals surface area contributed by atoms with Crippen molar-refractivity contribution in [2.24, 2.45) is 5.92 Å². The first-order valence-corrected chi connectivity index (χ1v) is 13.4. The molecule has 39 heavy (non-hydrogen) atoms. The van der Waals surface area contributed by atoms with Crippen LogP contribution in [0.4, 0.5) is 4.79 Å². The average molecular weight is 550 g/mol. The van der Waals surface area contributed by atoms with E-state index in [0.717, 1.165) is 13.1 Å². The summed E-state index contributed by atoms with van der Waals surface area (Å²) < 4.78 is 15.8. The maximum atomic E-state index is 13.1. The van der Waals surface area contributed by atoms with Gasteiger partial charge >= 0.3 is 6.03 Å². The minimum Gasteiger partial charge on any atom is -0.497 e. The Morgan fingerprint density at radius 2 is 1.59 bits per heavy atom. The summed E-state index contributed by atoms with van der Waals surface area (Å²) in [5.74, 6) is -0.891. The number of rotatable bonds is 15. The summed E-state index contributed by atoms with van der Waals surface area (Å²) in [5, 5.41) is 10.7. The molecule has 12 nitrogen and oxygen atoms in total. The Morgan fingerprint density at radius 3 is 2.15 bits per heavy atom. The van der Waals surface area contributed by atoms with Gasteiger partial charge in [0, 0.05) is 38.8 Å². The molecular weight excluding hydrogens is 506 g/mol. The van der Waals surface area contributed by atoms with Crippen LogP contribution in [0, 0.1) is 5.92 Å². The monoisotopic (exact) mass is 549 g/mol. The molecule has 218 valence electrons. The van der Waals surface area contributed by atoms with E-state index in [-0.39, 0.29) is 18.9 Å². The summed E-state index contributed by atoms with van der Waals surface area (Å²) in [7, 11) is 3.04. The molecule has 1 saturated heterocycles. The van der Waals surface area contributed by atoms with Crippen molar-refractivity contribution >= 4 is 23.6 Å². The van der Waals surface area contributed by atoms with Gasteiger partial charge < -0.3 is 35.5 Å². The summed E-state index contributed by atoms with van der Waals surface area (Å²) in [5.41, 5.74) is 0.685. The third kappa shape index (κ3) is 11.1. The number of morpholine rings is 1. The molecule has 2 rings (SSSR count). The quantitative estimate of drug-likeness (QED) is 0.235. The first-order valence-electron chi connectivity index (χ1n) is 13.4. The molecule has 1 heterocycles. The molecule has 1 aliphatic heterocycles. The molecule has 0 saturated carbocycles. The number of nitrogens with one attached hydrogen (secondary N) is 4. The Morgan fingerprint density at radius 1 is 0.949 bits per heavy atom. The van der Waals surface area contributed by atoms with Crippen LogP contribution < -0.4 is 30.7 Å². The molecule has 1 fully saturated rings. The van der Waals surface area contributed by atoms with Gasteiger partial charge in [0.1, 0.15) is 17.5 Å². The number of ether oxygens (including phenoxy) is 3. The highest BCUT2D eigenvalue weighted by Crippen LogP contribution is 2.22. The highest BCUT2D eigenvalue weighted by Gasteiger charge is 2.29. The lowest BCUT2D eigenvalue weighted by Crippen LogP contribution is -2.55. The zero-order valence-electron chi connectivity index (χ0n) is 23.6. The van der Waals surface area contributed by atoms with Gasteiger partial charge in [-0.3, -0.25) is 19.3 Å². The first-order chi connectivity index (χ1) is 18.7. The Labute approximate surface area is 230 Å². The van der Waals surface area contributed by atoms with Crippen LogP contribution in [0.5, 0.6) is 11.5 Å². The van der Waals surface area contributed by atoms with Gasteiger partial charge in [0.2, 0.25) is 11.7 Å². The molecule has 2 unspecified atom stereocenters. The fourth-order valence-electron chi connectivity index (χ4n) is 4.09. The maximum absolute atomic E-state index is 13.1. The minimum atomic E-state index is -1.03. The first kappa shape index (κ1) is 31.8. The SMILES string of the molecule is CCC(NC(=O)C(CC(C)C)NC(=O)NCCN1CCOCC1)C(=O)C(=O)NCc1cc(OC)cc(OC)c1. The van der Waals surface area contributed by atoms with Gasteiger partial charge in [0.25, 0.3) is 5.91 Å². The second-order valence-electron chi connectivity index (χ2n) is 9.77. The molecule has 0 radical (unpaired) electrons. The zero-order valence-corrected chi connectivity index (χ0v) is 23.6. The van der Waals surface area contributed by atoms with Gasteiger partial charge in [-0.1, -0.05) is 20.8 Å². The summed E-state index contributed by atoms with van der Waals surface area (Å²) >= 11 is 0. The van der Waals surface area contributed by atoms with E-state index >= 15 is 0 Å². The number of carbonyl (C=O) groups excluding carboxylic acids is 4. The standard InChI is InChI=1S/C27H43N5O7/c1-6-22(24(33)26(35)29-17-19-14-20(37-4)16-21(15-19)38-5)30-25(34)23(13-18(2)3)31-27(36)28-7-8-32-9-11-39-12-10-32/h14-16,18,22-23H,6-13,17H2,1-5H3,(H,29,35)(H,30,34)(H2,28,31,36). The number of ketones is 1. The molecular formula is C27H43N5O7. The van der Waals surface area contributed by atoms with Gasteiger partial charge in [-0.2, -0.15) is 0 Å². The molecule has 1 aromatic rings. The highest BCUT2D eigenvalue weighted by molar-refractivity contribution is 6.38. The Hall–Kier alpha value is -3.38. The van der Waals surface area contributed by atoms with E-state index in [9.17, 15) is 19.2 Å². The van der Waals surface area contributed by atoms with Crippen molar-refractivity contribution in [2.45, 2.75) is 52.2 Å². The predicted molar refractivity (Wildman–Crippen MR) is 146 cm³/mol. The average Bonchev–Trinajstić information content (AvgIpc) is 2.93. The van der Waals surface area contributed by atoms with E-state index < -0.39 is 35.7 Å². The number of hydrogen-bond donors (Lipinski definition) is 4. The van der Waals surface area contributed by atoms with Crippen LogP contribution in [-0.2, 0) is 25.7 Å². The van der Waals surface area contributed by atoms with Gasteiger partial charge in [0.05, 0.1) is 33.5 Å². The van der Waals surface area contributed by atoms with Crippen molar-refractivity contribution in [1.29, 1.82) is 0 Å². The number of hydrogen-bond acceptors (Lipinski definition) is 8. The van der Waals surface area contributed by atoms with Gasteiger partial charge in [-0.15, -0.1) is 0 Å². The lowest BCUT2D eigenvalue weighted by atomic mass is 10.0. The molecule has 0 aromatic heterocycles. The van der Waals surface area contributed by atoms with E-state index in [0.29, 0.717) is 49.8 Å². The number of methoxy groups -OCH3 is 2. The summed E-state index contributed by atoms with van der Waals surface area (Å²) in [6.45, 7) is 9.73. The molecule has 2 atom stereocenters. The van der Waals surface area contributed by atoms with Crippen LogP contribution in [0.3, 0.4) is 0 Å². The fourth-order valence-corrected chi connectivity index (χ4v) is 4.09. The number of Topliss-reactive ketones (excluding diaryl/α,β-unsaturated/α-hetero) is 1. The summed E-state index contributed by atoms with van der Waals surface area (Å²) in [6, 6.07) is 2.79. The summed E-state index contributed by atoms with van der Waals surface area (Å²) in [4.78, 5) is 53.2. The van der Waals surface area contributed by atoms with E-state index in [1.807, 2.05) is 13.8 Å². The molecule has 4 N–H and O–H groups in total. The van der Waals surface area contributed by atoms with Crippen LogP contribution in [0.25, 0.3) is 0 Å². The number of nitrogens with zero attached hydrogens (tertiary/aromatic N) is 1. The van der Waals surface area contributed by atoms with Gasteiger partial charge in [-0.25, -0.2) is 4.79 Å². The topological polar surface area (TPSA) is 147 Å². The van der Waals surface area contributed by atoms with Crippen LogP contribution in [0.1, 0.15) is 39.2 Å². The Balaban J connectivity index is 1.91. The predicted octanol–water partition coefficient (Wildman–Crippen LogP) is 0.830. The molecule has 4 amide bonds. The molecule has 0 bridgehead atoms. The largest absolute Gasteiger partial charge is 0.497 e.